The van der Waals surface area contributed by atoms with Gasteiger partial charge in [-0.25, -0.2) is 18.2 Å². The van der Waals surface area contributed by atoms with Gasteiger partial charge in [0, 0.05) is 78.0 Å². The lowest BCUT2D eigenvalue weighted by molar-refractivity contribution is 0.0948. The number of carbonyl (C=O) groups is 2. The highest BCUT2D eigenvalue weighted by molar-refractivity contribution is 7.99. The summed E-state index contributed by atoms with van der Waals surface area (Å²) in [5, 5.41) is 7.59. The number of pyridine rings is 1. The third-order valence-corrected chi connectivity index (χ3v) is 11.0. The number of nitrogens with two attached hydrogens (primary N) is 1. The molecule has 306 valence electrons. The Labute approximate surface area is 343 Å². The van der Waals surface area contributed by atoms with E-state index in [0.717, 1.165) is 43.0 Å². The molecular weight excluding hydrogens is 779 g/mol. The zero-order valence-corrected chi connectivity index (χ0v) is 35.1. The molecular formula is C42H49N7O7S2. The van der Waals surface area contributed by atoms with E-state index in [1.807, 2.05) is 56.8 Å². The van der Waals surface area contributed by atoms with Gasteiger partial charge in [0.05, 0.1) is 37.5 Å². The second-order valence-electron chi connectivity index (χ2n) is 14.8. The van der Waals surface area contributed by atoms with Crippen molar-refractivity contribution in [2.45, 2.75) is 26.2 Å². The van der Waals surface area contributed by atoms with Gasteiger partial charge in [0.15, 0.2) is 5.75 Å². The number of aromatic nitrogens is 1. The van der Waals surface area contributed by atoms with Gasteiger partial charge in [-0.1, -0.05) is 45.0 Å². The molecule has 1 saturated heterocycles. The Kier molecular flexibility index (Phi) is 12.9. The Morgan fingerprint density at radius 2 is 1.66 bits per heavy atom. The number of carbonyl (C=O) groups excluding carboxylic acids is 2. The number of nitrogens with one attached hydrogen (secondary N) is 3. The number of urea groups is 1. The number of hydrogen-bond donors (Lipinski definition) is 4. The number of ether oxygens (including phenoxy) is 3. The Hall–Kier alpha value is -5.71. The van der Waals surface area contributed by atoms with Crippen LogP contribution in [0.2, 0.25) is 0 Å². The number of rotatable bonds is 14. The van der Waals surface area contributed by atoms with Crippen molar-refractivity contribution >= 4 is 73.1 Å². The maximum atomic E-state index is 13.4. The van der Waals surface area contributed by atoms with Gasteiger partial charge >= 0.3 is 6.03 Å². The van der Waals surface area contributed by atoms with E-state index in [1.54, 1.807) is 67.9 Å². The summed E-state index contributed by atoms with van der Waals surface area (Å²) in [5.41, 5.74) is 8.30. The molecule has 2 heterocycles. The topological polar surface area (TPSA) is 177 Å². The van der Waals surface area contributed by atoms with Gasteiger partial charge in [-0.05, 0) is 53.4 Å². The van der Waals surface area contributed by atoms with Crippen LogP contribution in [0.4, 0.5) is 33.4 Å². The Balaban J connectivity index is 1.28. The molecule has 5 aromatic rings. The molecule has 58 heavy (non-hydrogen) atoms. The highest BCUT2D eigenvalue weighted by Crippen LogP contribution is 2.46. The number of benzene rings is 4. The van der Waals surface area contributed by atoms with Crippen molar-refractivity contribution in [2.24, 2.45) is 5.73 Å². The average molecular weight is 828 g/mol. The summed E-state index contributed by atoms with van der Waals surface area (Å²) in [7, 11) is -0.771. The normalized spacial score (nSPS) is 13.4. The van der Waals surface area contributed by atoms with Crippen molar-refractivity contribution in [3.63, 3.8) is 0 Å². The molecule has 0 aliphatic carbocycles. The van der Waals surface area contributed by atoms with E-state index >= 15 is 0 Å². The maximum absolute atomic E-state index is 13.4. The molecule has 5 N–H and O–H groups in total. The van der Waals surface area contributed by atoms with E-state index in [1.165, 1.54) is 12.0 Å². The zero-order chi connectivity index (χ0) is 41.6. The maximum Gasteiger partial charge on any atom is 0.324 e. The molecule has 3 amide bonds. The minimum Gasteiger partial charge on any atom is -0.497 e. The third kappa shape index (κ3) is 10.2. The van der Waals surface area contributed by atoms with Crippen molar-refractivity contribution in [2.75, 3.05) is 73.1 Å². The standard InChI is InChI=1S/C42H49N7O7S2/c1-42(2,3)28-23-34(47-58(6,52)53)39(55-5)36(24-28)49(41(43)51)35-11-12-37(33-10-8-7-9-32(33)35)56-30-13-14-44-38(26-30)46-29-21-27(22-31(25-29)54-4)40(50)45-15-16-48-17-19-57-20-18-48/h7-14,21-26,47H,15-20H2,1-6H3,(H2,43,51)(H,44,46)(H,45,50). The first kappa shape index (κ1) is 41.9. The molecule has 0 saturated carbocycles. The average Bonchev–Trinajstić information content (AvgIpc) is 3.18. The molecule has 0 atom stereocenters. The summed E-state index contributed by atoms with van der Waals surface area (Å²) in [6.07, 6.45) is 2.65. The minimum atomic E-state index is -3.72. The van der Waals surface area contributed by atoms with E-state index in [-0.39, 0.29) is 23.0 Å². The van der Waals surface area contributed by atoms with Gasteiger partial charge in [0.2, 0.25) is 10.0 Å². The lowest BCUT2D eigenvalue weighted by Gasteiger charge is -2.29. The number of thioether (sulfide) groups is 1. The van der Waals surface area contributed by atoms with Crippen LogP contribution in [-0.4, -0.2) is 88.4 Å². The summed E-state index contributed by atoms with van der Waals surface area (Å²) in [6, 6.07) is 22.1. The monoisotopic (exact) mass is 827 g/mol. The number of methoxy groups -OCH3 is 2. The minimum absolute atomic E-state index is 0.120. The first-order valence-electron chi connectivity index (χ1n) is 18.6. The zero-order valence-electron chi connectivity index (χ0n) is 33.4. The Bertz CT molecular complexity index is 2420. The first-order valence-corrected chi connectivity index (χ1v) is 21.7. The largest absolute Gasteiger partial charge is 0.497 e. The van der Waals surface area contributed by atoms with Crippen LogP contribution in [0.5, 0.6) is 23.0 Å². The molecule has 1 aliphatic rings. The van der Waals surface area contributed by atoms with Crippen LogP contribution in [0.3, 0.4) is 0 Å². The van der Waals surface area contributed by atoms with Crippen molar-refractivity contribution < 1.29 is 32.2 Å². The van der Waals surface area contributed by atoms with Gasteiger partial charge in [-0.2, -0.15) is 11.8 Å². The van der Waals surface area contributed by atoms with Crippen LogP contribution in [-0.2, 0) is 15.4 Å². The second kappa shape index (κ2) is 17.8. The number of sulfonamides is 1. The number of amides is 3. The highest BCUT2D eigenvalue weighted by atomic mass is 32.2. The van der Waals surface area contributed by atoms with E-state index in [9.17, 15) is 18.0 Å². The van der Waals surface area contributed by atoms with Crippen LogP contribution >= 0.6 is 11.8 Å². The quantitative estimate of drug-likeness (QED) is 0.0874. The van der Waals surface area contributed by atoms with Crippen LogP contribution in [0.15, 0.2) is 85.1 Å². The van der Waals surface area contributed by atoms with E-state index < -0.39 is 21.5 Å². The summed E-state index contributed by atoms with van der Waals surface area (Å²) >= 11 is 1.95. The molecule has 0 bridgehead atoms. The van der Waals surface area contributed by atoms with Crippen molar-refractivity contribution in [3.05, 3.63) is 96.2 Å². The summed E-state index contributed by atoms with van der Waals surface area (Å²) in [6.45, 7) is 9.32. The molecule has 0 unspecified atom stereocenters. The SMILES string of the molecule is COc1cc(Nc2cc(Oc3ccc(N(C(N)=O)c4cc(C(C)(C)C)cc(NS(C)(=O)=O)c4OC)c4ccccc34)ccn2)cc(C(=O)NCCN2CCSCC2)c1. The van der Waals surface area contributed by atoms with Gasteiger partial charge < -0.3 is 30.6 Å². The van der Waals surface area contributed by atoms with Crippen LogP contribution < -0.4 is 40.2 Å². The third-order valence-electron chi connectivity index (χ3n) is 9.45. The lowest BCUT2D eigenvalue weighted by Crippen LogP contribution is -2.39. The number of anilines is 5. The van der Waals surface area contributed by atoms with E-state index in [2.05, 4.69) is 25.2 Å². The van der Waals surface area contributed by atoms with Gasteiger partial charge in [0.1, 0.15) is 23.1 Å². The van der Waals surface area contributed by atoms with Crippen LogP contribution in [0.25, 0.3) is 10.8 Å². The number of hydrogen-bond acceptors (Lipinski definition) is 11. The molecule has 4 aromatic carbocycles. The first-order chi connectivity index (χ1) is 27.6. The van der Waals surface area contributed by atoms with Crippen LogP contribution in [0.1, 0.15) is 36.7 Å². The predicted molar refractivity (Wildman–Crippen MR) is 233 cm³/mol. The lowest BCUT2D eigenvalue weighted by atomic mass is 9.86. The van der Waals surface area contributed by atoms with Gasteiger partial charge in [0.25, 0.3) is 5.91 Å². The predicted octanol–water partition coefficient (Wildman–Crippen LogP) is 7.45. The Morgan fingerprint density at radius 3 is 2.33 bits per heavy atom. The smallest absolute Gasteiger partial charge is 0.324 e. The number of nitrogens with zero attached hydrogens (tertiary/aromatic N) is 3. The Morgan fingerprint density at radius 1 is 0.914 bits per heavy atom. The van der Waals surface area contributed by atoms with Gasteiger partial charge in [-0.15, -0.1) is 0 Å². The molecule has 1 fully saturated rings. The highest BCUT2D eigenvalue weighted by Gasteiger charge is 2.28. The number of primary amides is 1. The van der Waals surface area contributed by atoms with Crippen molar-refractivity contribution in [1.29, 1.82) is 0 Å². The van der Waals surface area contributed by atoms with Crippen LogP contribution in [0, 0.1) is 0 Å². The fraction of sp³-hybridized carbons (Fsp3) is 0.310. The summed E-state index contributed by atoms with van der Waals surface area (Å²) in [4.78, 5) is 34.7. The van der Waals surface area contributed by atoms with Crippen molar-refractivity contribution in [1.82, 2.24) is 15.2 Å². The molecule has 6 rings (SSSR count). The molecule has 14 nitrogen and oxygen atoms in total. The second-order valence-corrected chi connectivity index (χ2v) is 17.7. The fourth-order valence-corrected chi connectivity index (χ4v) is 8.13. The number of fused-ring (bicyclic) bond motifs is 1. The van der Waals surface area contributed by atoms with Crippen molar-refractivity contribution in [3.8, 4) is 23.0 Å². The summed E-state index contributed by atoms with van der Waals surface area (Å²) in [5.74, 6) is 4.07. The molecule has 1 aromatic heterocycles. The molecule has 16 heteroatoms. The van der Waals surface area contributed by atoms with E-state index in [4.69, 9.17) is 19.9 Å². The molecule has 1 aliphatic heterocycles. The molecule has 0 spiro atoms. The van der Waals surface area contributed by atoms with Gasteiger partial charge in [-0.3, -0.25) is 19.3 Å². The molecule has 0 radical (unpaired) electrons. The fourth-order valence-electron chi connectivity index (χ4n) is 6.60. The van der Waals surface area contributed by atoms with E-state index in [0.29, 0.717) is 57.3 Å². The summed E-state index contributed by atoms with van der Waals surface area (Å²) < 4.78 is 45.1.